The second kappa shape index (κ2) is 6.63. The van der Waals surface area contributed by atoms with E-state index in [-0.39, 0.29) is 23.4 Å². The maximum Gasteiger partial charge on any atom is 0.247 e. The van der Waals surface area contributed by atoms with Gasteiger partial charge >= 0.3 is 0 Å². The first-order chi connectivity index (χ1) is 11.4. The van der Waals surface area contributed by atoms with E-state index >= 15 is 0 Å². The second-order valence-electron chi connectivity index (χ2n) is 7.42. The zero-order valence-corrected chi connectivity index (χ0v) is 15.6. The predicted molar refractivity (Wildman–Crippen MR) is 93.9 cm³/mol. The largest absolute Gasteiger partial charge is 0.331 e. The van der Waals surface area contributed by atoms with E-state index in [0.29, 0.717) is 0 Å². The van der Waals surface area contributed by atoms with Crippen LogP contribution in [0.4, 0.5) is 0 Å². The Morgan fingerprint density at radius 1 is 1.38 bits per heavy atom. The minimum Gasteiger partial charge on any atom is -0.331 e. The molecule has 0 unspecified atom stereocenters. The molecule has 0 spiro atoms. The van der Waals surface area contributed by atoms with Gasteiger partial charge in [-0.15, -0.1) is 11.3 Å². The highest BCUT2D eigenvalue weighted by atomic mass is 32.1. The van der Waals surface area contributed by atoms with Crippen LogP contribution in [0.5, 0.6) is 0 Å². The number of carbonyl (C=O) groups is 1. The van der Waals surface area contributed by atoms with Gasteiger partial charge in [-0.1, -0.05) is 20.8 Å². The van der Waals surface area contributed by atoms with Gasteiger partial charge in [0.05, 0.1) is 11.7 Å². The lowest BCUT2D eigenvalue weighted by atomic mass is 9.93. The van der Waals surface area contributed by atoms with Crippen LogP contribution in [0.15, 0.2) is 18.0 Å². The Kier molecular flexibility index (Phi) is 4.71. The van der Waals surface area contributed by atoms with E-state index in [1.165, 1.54) is 6.33 Å². The molecule has 0 radical (unpaired) electrons. The monoisotopic (exact) mass is 347 g/mol. The molecule has 3 rings (SSSR count). The van der Waals surface area contributed by atoms with Gasteiger partial charge in [-0.25, -0.2) is 14.6 Å². The minimum absolute atomic E-state index is 0.0340. The molecule has 130 valence electrons. The number of carbonyl (C=O) groups excluding carboxylic acids is 1. The molecule has 1 amide bonds. The number of aromatic nitrogens is 4. The predicted octanol–water partition coefficient (Wildman–Crippen LogP) is 3.35. The first-order valence-corrected chi connectivity index (χ1v) is 9.36. The van der Waals surface area contributed by atoms with Crippen LogP contribution in [0.2, 0.25) is 0 Å². The fraction of sp³-hybridized carbons (Fsp3) is 0.647. The van der Waals surface area contributed by atoms with Crippen LogP contribution in [0.3, 0.4) is 0 Å². The highest BCUT2D eigenvalue weighted by Crippen LogP contribution is 2.36. The topological polar surface area (TPSA) is 63.9 Å². The first-order valence-electron chi connectivity index (χ1n) is 8.48. The molecule has 2 aromatic heterocycles. The average Bonchev–Trinajstić information content (AvgIpc) is 3.24. The molecule has 1 aliphatic heterocycles. The number of nitrogens with zero attached hydrogens (tertiary/aromatic N) is 5. The summed E-state index contributed by atoms with van der Waals surface area (Å²) in [5.74, 6) is 0.0951. The molecule has 3 heterocycles. The van der Waals surface area contributed by atoms with E-state index in [0.717, 1.165) is 36.5 Å². The van der Waals surface area contributed by atoms with Crippen molar-refractivity contribution in [2.45, 2.75) is 64.5 Å². The van der Waals surface area contributed by atoms with Crippen LogP contribution in [0, 0.1) is 0 Å². The quantitative estimate of drug-likeness (QED) is 0.854. The lowest BCUT2D eigenvalue weighted by Crippen LogP contribution is -2.42. The highest BCUT2D eigenvalue weighted by molar-refractivity contribution is 7.09. The fourth-order valence-corrected chi connectivity index (χ4v) is 4.20. The van der Waals surface area contributed by atoms with Gasteiger partial charge < -0.3 is 4.90 Å². The number of thiazole rings is 1. The van der Waals surface area contributed by atoms with Crippen LogP contribution >= 0.6 is 11.3 Å². The van der Waals surface area contributed by atoms with Crippen molar-refractivity contribution in [1.82, 2.24) is 24.6 Å². The van der Waals surface area contributed by atoms with Gasteiger partial charge in [0.1, 0.15) is 23.7 Å². The molecule has 24 heavy (non-hydrogen) atoms. The van der Waals surface area contributed by atoms with Crippen molar-refractivity contribution in [2.24, 2.45) is 0 Å². The van der Waals surface area contributed by atoms with Gasteiger partial charge in [-0.2, -0.15) is 5.10 Å². The summed E-state index contributed by atoms with van der Waals surface area (Å²) < 4.78 is 1.62. The van der Waals surface area contributed by atoms with Crippen molar-refractivity contribution in [1.29, 1.82) is 0 Å². The van der Waals surface area contributed by atoms with E-state index in [9.17, 15) is 4.79 Å². The molecule has 2 atom stereocenters. The Labute approximate surface area is 146 Å². The summed E-state index contributed by atoms with van der Waals surface area (Å²) in [7, 11) is 0. The van der Waals surface area contributed by atoms with Crippen LogP contribution in [-0.2, 0) is 10.2 Å². The summed E-state index contributed by atoms with van der Waals surface area (Å²) in [6, 6.07) is -0.256. The van der Waals surface area contributed by atoms with Gasteiger partial charge in [-0.05, 0) is 26.2 Å². The maximum absolute atomic E-state index is 13.0. The Hall–Kier alpha value is -1.76. The van der Waals surface area contributed by atoms with Crippen LogP contribution in [-0.4, -0.2) is 37.1 Å². The molecule has 6 nitrogen and oxygen atoms in total. The first kappa shape index (κ1) is 17.1. The molecule has 2 aromatic rings. The van der Waals surface area contributed by atoms with Crippen LogP contribution < -0.4 is 0 Å². The third-order valence-corrected chi connectivity index (χ3v) is 5.50. The molecular weight excluding hydrogens is 322 g/mol. The SMILES string of the molecule is C[C@@H](C(=O)N1CCCC[C@H]1c1nc(C(C)(C)C)cs1)n1cncn1. The molecule has 1 fully saturated rings. The molecule has 1 saturated heterocycles. The summed E-state index contributed by atoms with van der Waals surface area (Å²) >= 11 is 1.67. The molecule has 0 aliphatic carbocycles. The fourth-order valence-electron chi connectivity index (χ4n) is 3.01. The molecule has 0 saturated carbocycles. The summed E-state index contributed by atoms with van der Waals surface area (Å²) in [4.78, 5) is 23.8. The number of hydrogen-bond donors (Lipinski definition) is 0. The lowest BCUT2D eigenvalue weighted by molar-refractivity contribution is -0.138. The number of likely N-dealkylation sites (tertiary alicyclic amines) is 1. The molecule has 7 heteroatoms. The lowest BCUT2D eigenvalue weighted by Gasteiger charge is -2.36. The van der Waals surface area contributed by atoms with Crippen molar-refractivity contribution in [3.63, 3.8) is 0 Å². The van der Waals surface area contributed by atoms with Gasteiger partial charge in [0, 0.05) is 17.3 Å². The van der Waals surface area contributed by atoms with Crippen molar-refractivity contribution in [3.8, 4) is 0 Å². The van der Waals surface area contributed by atoms with Gasteiger partial charge in [0.25, 0.3) is 0 Å². The number of amides is 1. The zero-order valence-electron chi connectivity index (χ0n) is 14.8. The van der Waals surface area contributed by atoms with Gasteiger partial charge in [0.15, 0.2) is 0 Å². The summed E-state index contributed by atoms with van der Waals surface area (Å²) in [5, 5.41) is 7.30. The van der Waals surface area contributed by atoms with Crippen molar-refractivity contribution >= 4 is 17.2 Å². The van der Waals surface area contributed by atoms with Gasteiger partial charge in [-0.3, -0.25) is 4.79 Å². The summed E-state index contributed by atoms with van der Waals surface area (Å²) in [5.41, 5.74) is 1.14. The van der Waals surface area contributed by atoms with Crippen LogP contribution in [0.25, 0.3) is 0 Å². The Morgan fingerprint density at radius 3 is 2.79 bits per heavy atom. The standard InChI is InChI=1S/C17H25N5OS/c1-12(22-11-18-10-19-22)16(23)21-8-6-5-7-13(21)15-20-14(9-24-15)17(2,3)4/h9-13H,5-8H2,1-4H3/t12-,13-/m0/s1. The Balaban J connectivity index is 1.83. The number of piperidine rings is 1. The van der Waals surface area contributed by atoms with Crippen molar-refractivity contribution < 1.29 is 4.79 Å². The van der Waals surface area contributed by atoms with Crippen molar-refractivity contribution in [3.05, 3.63) is 28.7 Å². The Morgan fingerprint density at radius 2 is 2.17 bits per heavy atom. The second-order valence-corrected chi connectivity index (χ2v) is 8.31. The number of hydrogen-bond acceptors (Lipinski definition) is 5. The van der Waals surface area contributed by atoms with E-state index in [1.807, 2.05) is 11.8 Å². The van der Waals surface area contributed by atoms with E-state index in [2.05, 4.69) is 36.2 Å². The minimum atomic E-state index is -0.338. The van der Waals surface area contributed by atoms with Crippen LogP contribution in [0.1, 0.15) is 69.7 Å². The Bertz CT molecular complexity index is 688. The van der Waals surface area contributed by atoms with Crippen molar-refractivity contribution in [2.75, 3.05) is 6.54 Å². The van der Waals surface area contributed by atoms with Gasteiger partial charge in [0.2, 0.25) is 5.91 Å². The molecule has 0 N–H and O–H groups in total. The third-order valence-electron chi connectivity index (χ3n) is 4.55. The van der Waals surface area contributed by atoms with E-state index in [4.69, 9.17) is 4.98 Å². The molecule has 0 aromatic carbocycles. The zero-order chi connectivity index (χ0) is 17.3. The smallest absolute Gasteiger partial charge is 0.247 e. The molecule has 1 aliphatic rings. The average molecular weight is 347 g/mol. The maximum atomic E-state index is 13.0. The van der Waals surface area contributed by atoms with E-state index < -0.39 is 0 Å². The summed E-state index contributed by atoms with van der Waals surface area (Å²) in [6.07, 6.45) is 6.23. The number of rotatable bonds is 3. The normalized spacial score (nSPS) is 20.2. The molecular formula is C17H25N5OS. The van der Waals surface area contributed by atoms with E-state index in [1.54, 1.807) is 22.3 Å². The third kappa shape index (κ3) is 3.36. The highest BCUT2D eigenvalue weighted by Gasteiger charge is 2.33. The summed E-state index contributed by atoms with van der Waals surface area (Å²) in [6.45, 7) is 9.17. The molecule has 0 bridgehead atoms.